The van der Waals surface area contributed by atoms with E-state index in [1.54, 1.807) is 0 Å². The molecule has 0 spiro atoms. The lowest BCUT2D eigenvalue weighted by Gasteiger charge is -2.32. The summed E-state index contributed by atoms with van der Waals surface area (Å²) in [7, 11) is 0. The Kier molecular flexibility index (Phi) is 6.64. The molecule has 3 rings (SSSR count). The van der Waals surface area contributed by atoms with Crippen LogP contribution in [0.2, 0.25) is 0 Å². The molecule has 1 aromatic rings. The van der Waals surface area contributed by atoms with Crippen LogP contribution in [0.5, 0.6) is 0 Å². The molecule has 138 valence electrons. The molecule has 1 atom stereocenters. The van der Waals surface area contributed by atoms with E-state index in [1.807, 2.05) is 24.0 Å². The van der Waals surface area contributed by atoms with Crippen LogP contribution in [-0.2, 0) is 16.1 Å². The van der Waals surface area contributed by atoms with Crippen molar-refractivity contribution in [1.82, 2.24) is 20.0 Å². The summed E-state index contributed by atoms with van der Waals surface area (Å²) in [5, 5.41) is 7.38. The molecule has 0 aromatic carbocycles. The van der Waals surface area contributed by atoms with Crippen LogP contribution in [0.4, 0.5) is 0 Å². The second-order valence-electron chi connectivity index (χ2n) is 7.18. The summed E-state index contributed by atoms with van der Waals surface area (Å²) in [5.41, 5.74) is 2.66. The van der Waals surface area contributed by atoms with Crippen molar-refractivity contribution in [2.75, 3.05) is 32.8 Å². The number of allylic oxidation sites excluding steroid dienone is 1. The third-order valence-corrected chi connectivity index (χ3v) is 4.90. The number of carbonyl (C=O) groups excluding carboxylic acids is 1. The molecule has 2 heterocycles. The van der Waals surface area contributed by atoms with Crippen molar-refractivity contribution >= 4 is 5.91 Å². The van der Waals surface area contributed by atoms with Gasteiger partial charge < -0.3 is 10.1 Å². The van der Waals surface area contributed by atoms with Crippen molar-refractivity contribution in [1.29, 1.82) is 0 Å². The summed E-state index contributed by atoms with van der Waals surface area (Å²) < 4.78 is 7.74. The molecule has 1 aromatic heterocycles. The Labute approximate surface area is 150 Å². The van der Waals surface area contributed by atoms with Crippen molar-refractivity contribution in [2.24, 2.45) is 0 Å². The Morgan fingerprint density at radius 1 is 1.44 bits per heavy atom. The number of carbonyl (C=O) groups is 1. The lowest BCUT2D eigenvalue weighted by atomic mass is 9.97. The highest BCUT2D eigenvalue weighted by molar-refractivity contribution is 5.78. The Bertz CT molecular complexity index is 596. The first-order chi connectivity index (χ1) is 12.2. The zero-order valence-corrected chi connectivity index (χ0v) is 15.2. The Morgan fingerprint density at radius 3 is 3.12 bits per heavy atom. The predicted octanol–water partition coefficient (Wildman–Crippen LogP) is 1.90. The van der Waals surface area contributed by atoms with Crippen LogP contribution in [0.3, 0.4) is 0 Å². The van der Waals surface area contributed by atoms with Gasteiger partial charge in [0.2, 0.25) is 5.91 Å². The van der Waals surface area contributed by atoms with E-state index in [9.17, 15) is 4.79 Å². The van der Waals surface area contributed by atoms with E-state index in [-0.39, 0.29) is 12.0 Å². The van der Waals surface area contributed by atoms with Gasteiger partial charge in [0.25, 0.3) is 0 Å². The van der Waals surface area contributed by atoms with Crippen molar-refractivity contribution in [3.05, 3.63) is 29.6 Å². The zero-order chi connectivity index (χ0) is 17.5. The van der Waals surface area contributed by atoms with E-state index in [4.69, 9.17) is 4.74 Å². The van der Waals surface area contributed by atoms with Gasteiger partial charge in [0.05, 0.1) is 32.0 Å². The van der Waals surface area contributed by atoms with Gasteiger partial charge in [-0.05, 0) is 44.6 Å². The van der Waals surface area contributed by atoms with Crippen LogP contribution in [0, 0.1) is 6.92 Å². The molecule has 1 aliphatic heterocycles. The summed E-state index contributed by atoms with van der Waals surface area (Å²) in [5.74, 6) is 0.118. The number of amides is 1. The molecule has 2 aliphatic rings. The third-order valence-electron chi connectivity index (χ3n) is 4.90. The molecule has 0 saturated carbocycles. The minimum Gasteiger partial charge on any atom is -0.374 e. The van der Waals surface area contributed by atoms with E-state index in [0.29, 0.717) is 13.2 Å². The first-order valence-corrected chi connectivity index (χ1v) is 9.46. The molecule has 0 bridgehead atoms. The van der Waals surface area contributed by atoms with E-state index >= 15 is 0 Å². The summed E-state index contributed by atoms with van der Waals surface area (Å²) in [6.07, 6.45) is 12.3. The molecule has 6 nitrogen and oxygen atoms in total. The van der Waals surface area contributed by atoms with Crippen LogP contribution in [-0.4, -0.2) is 59.5 Å². The van der Waals surface area contributed by atoms with Crippen LogP contribution < -0.4 is 5.32 Å². The fraction of sp³-hybridized carbons (Fsp3) is 0.684. The number of nitrogens with one attached hydrogen (secondary N) is 1. The molecule has 1 aliphatic carbocycles. The number of ether oxygens (including phenoxy) is 1. The van der Waals surface area contributed by atoms with E-state index in [2.05, 4.69) is 21.4 Å². The number of rotatable bonds is 7. The largest absolute Gasteiger partial charge is 0.374 e. The average Bonchev–Trinajstić information content (AvgIpc) is 3.01. The average molecular weight is 346 g/mol. The van der Waals surface area contributed by atoms with Gasteiger partial charge in [0.15, 0.2) is 0 Å². The van der Waals surface area contributed by atoms with Crippen LogP contribution in [0.1, 0.15) is 37.7 Å². The third kappa shape index (κ3) is 5.97. The van der Waals surface area contributed by atoms with Crippen molar-refractivity contribution in [3.63, 3.8) is 0 Å². The standard InChI is InChI=1S/C19H30N4O2/c1-16-11-21-23(12-16)14-18-13-22(9-10-25-18)15-19(24)20-8-7-17-5-3-2-4-6-17/h5,11-12,18H,2-4,6-10,13-15H2,1H3,(H,20,24)/t18-/m1/s1. The summed E-state index contributed by atoms with van der Waals surface area (Å²) in [4.78, 5) is 14.4. The highest BCUT2D eigenvalue weighted by Crippen LogP contribution is 2.19. The molecular formula is C19H30N4O2. The van der Waals surface area contributed by atoms with Crippen molar-refractivity contribution in [3.8, 4) is 0 Å². The predicted molar refractivity (Wildman–Crippen MR) is 97.3 cm³/mol. The minimum atomic E-state index is 0.0910. The van der Waals surface area contributed by atoms with Crippen molar-refractivity contribution in [2.45, 2.75) is 51.7 Å². The van der Waals surface area contributed by atoms with E-state index < -0.39 is 0 Å². The van der Waals surface area contributed by atoms with Gasteiger partial charge in [-0.1, -0.05) is 11.6 Å². The van der Waals surface area contributed by atoms with Gasteiger partial charge in [0.1, 0.15) is 0 Å². The number of hydrogen-bond donors (Lipinski definition) is 1. The van der Waals surface area contributed by atoms with Crippen LogP contribution >= 0.6 is 0 Å². The maximum absolute atomic E-state index is 12.2. The van der Waals surface area contributed by atoms with Gasteiger partial charge in [-0.2, -0.15) is 5.10 Å². The second-order valence-corrected chi connectivity index (χ2v) is 7.18. The lowest BCUT2D eigenvalue weighted by molar-refractivity contribution is -0.124. The second kappa shape index (κ2) is 9.15. The SMILES string of the molecule is Cc1cnn(C[C@H]2CN(CC(=O)NCCC3=CCCCC3)CCO2)c1. The Morgan fingerprint density at radius 2 is 2.36 bits per heavy atom. The molecule has 0 radical (unpaired) electrons. The number of hydrogen-bond acceptors (Lipinski definition) is 4. The normalized spacial score (nSPS) is 21.8. The molecular weight excluding hydrogens is 316 g/mol. The molecule has 1 fully saturated rings. The number of aromatic nitrogens is 2. The number of nitrogens with zero attached hydrogens (tertiary/aromatic N) is 3. The summed E-state index contributed by atoms with van der Waals surface area (Å²) in [6.45, 7) is 6.24. The molecule has 6 heteroatoms. The van der Waals surface area contributed by atoms with E-state index in [1.165, 1.54) is 31.3 Å². The highest BCUT2D eigenvalue weighted by atomic mass is 16.5. The summed E-state index contributed by atoms with van der Waals surface area (Å²) in [6, 6.07) is 0. The smallest absolute Gasteiger partial charge is 0.234 e. The van der Waals surface area contributed by atoms with Crippen molar-refractivity contribution < 1.29 is 9.53 Å². The zero-order valence-electron chi connectivity index (χ0n) is 15.2. The van der Waals surface area contributed by atoms with Gasteiger partial charge >= 0.3 is 0 Å². The van der Waals surface area contributed by atoms with Crippen LogP contribution in [0.15, 0.2) is 24.0 Å². The molecule has 0 unspecified atom stereocenters. The number of aryl methyl sites for hydroxylation is 1. The molecule has 1 amide bonds. The van der Waals surface area contributed by atoms with E-state index in [0.717, 1.165) is 38.2 Å². The minimum absolute atomic E-state index is 0.0910. The Balaban J connectivity index is 1.36. The van der Waals surface area contributed by atoms with Gasteiger partial charge in [-0.15, -0.1) is 0 Å². The maximum Gasteiger partial charge on any atom is 0.234 e. The quantitative estimate of drug-likeness (QED) is 0.766. The van der Waals surface area contributed by atoms with Crippen LogP contribution in [0.25, 0.3) is 0 Å². The fourth-order valence-corrected chi connectivity index (χ4v) is 3.56. The molecule has 25 heavy (non-hydrogen) atoms. The first kappa shape index (κ1) is 18.1. The summed E-state index contributed by atoms with van der Waals surface area (Å²) >= 11 is 0. The number of morpholine rings is 1. The topological polar surface area (TPSA) is 59.4 Å². The lowest BCUT2D eigenvalue weighted by Crippen LogP contribution is -2.48. The Hall–Kier alpha value is -1.66. The highest BCUT2D eigenvalue weighted by Gasteiger charge is 2.22. The first-order valence-electron chi connectivity index (χ1n) is 9.46. The monoisotopic (exact) mass is 346 g/mol. The molecule has 1 N–H and O–H groups in total. The molecule has 1 saturated heterocycles. The fourth-order valence-electron chi connectivity index (χ4n) is 3.56. The van der Waals surface area contributed by atoms with Gasteiger partial charge in [-0.3, -0.25) is 14.4 Å². The maximum atomic E-state index is 12.2. The van der Waals surface area contributed by atoms with Gasteiger partial charge in [-0.25, -0.2) is 0 Å². The van der Waals surface area contributed by atoms with Gasteiger partial charge in [0, 0.05) is 25.8 Å².